The molecule has 0 radical (unpaired) electrons. The maximum atomic E-state index is 12.4. The van der Waals surface area contributed by atoms with E-state index in [1.165, 1.54) is 0 Å². The maximum Gasteiger partial charge on any atom is 0.136 e. The van der Waals surface area contributed by atoms with Gasteiger partial charge in [-0.2, -0.15) is 0 Å². The van der Waals surface area contributed by atoms with Gasteiger partial charge in [0.1, 0.15) is 5.78 Å². The molecule has 18 heavy (non-hydrogen) atoms. The lowest BCUT2D eigenvalue weighted by atomic mass is 9.86. The highest BCUT2D eigenvalue weighted by molar-refractivity contribution is 7.86. The summed E-state index contributed by atoms with van der Waals surface area (Å²) in [6.07, 6.45) is 6.77. The fourth-order valence-corrected chi connectivity index (χ4v) is 5.82. The number of hydrogen-bond donors (Lipinski definition) is 0. The van der Waals surface area contributed by atoms with E-state index in [4.69, 9.17) is 4.74 Å². The molecule has 4 heteroatoms. The molecule has 0 N–H and O–H groups in total. The molecule has 102 valence electrons. The van der Waals surface area contributed by atoms with Crippen LogP contribution in [0.4, 0.5) is 0 Å². The quantitative estimate of drug-likeness (QED) is 0.788. The second kappa shape index (κ2) is 5.41. The van der Waals surface area contributed by atoms with Crippen LogP contribution < -0.4 is 0 Å². The van der Waals surface area contributed by atoms with Crippen LogP contribution in [0.1, 0.15) is 44.9 Å². The maximum absolute atomic E-state index is 12.4. The molecular weight excluding hydrogens is 248 g/mol. The fraction of sp³-hybridized carbons (Fsp3) is 0.929. The Morgan fingerprint density at radius 2 is 1.67 bits per heavy atom. The molecule has 0 aromatic carbocycles. The number of fused-ring (bicyclic) bond motifs is 2. The molecule has 2 atom stereocenters. The first-order chi connectivity index (χ1) is 8.74. The minimum absolute atomic E-state index is 0.211. The van der Waals surface area contributed by atoms with E-state index < -0.39 is 10.8 Å². The van der Waals surface area contributed by atoms with Crippen molar-refractivity contribution in [3.8, 4) is 0 Å². The summed E-state index contributed by atoms with van der Waals surface area (Å²) in [5.41, 5.74) is 0. The average molecular weight is 270 g/mol. The van der Waals surface area contributed by atoms with Gasteiger partial charge in [0.25, 0.3) is 0 Å². The van der Waals surface area contributed by atoms with Crippen molar-refractivity contribution in [2.75, 3.05) is 13.2 Å². The average Bonchev–Trinajstić information content (AvgIpc) is 2.63. The summed E-state index contributed by atoms with van der Waals surface area (Å²) in [5, 5.41) is 0.653. The molecule has 2 unspecified atom stereocenters. The van der Waals surface area contributed by atoms with E-state index in [0.717, 1.165) is 58.2 Å². The highest BCUT2D eigenvalue weighted by Crippen LogP contribution is 2.39. The number of carbonyl (C=O) groups excluding carboxylic acids is 1. The Morgan fingerprint density at radius 1 is 1.06 bits per heavy atom. The van der Waals surface area contributed by atoms with E-state index >= 15 is 0 Å². The molecule has 3 fully saturated rings. The summed E-state index contributed by atoms with van der Waals surface area (Å²) < 4.78 is 17.3. The van der Waals surface area contributed by atoms with Crippen LogP contribution in [0.25, 0.3) is 0 Å². The van der Waals surface area contributed by atoms with Crippen molar-refractivity contribution in [3.05, 3.63) is 0 Å². The smallest absolute Gasteiger partial charge is 0.136 e. The minimum atomic E-state index is -0.635. The molecule has 3 rings (SSSR count). The van der Waals surface area contributed by atoms with E-state index in [0.29, 0.717) is 22.2 Å². The number of ether oxygens (including phenoxy) is 1. The highest BCUT2D eigenvalue weighted by Gasteiger charge is 2.42. The number of carbonyl (C=O) groups is 1. The molecule has 0 spiro atoms. The Bertz CT molecular complexity index is 333. The van der Waals surface area contributed by atoms with Gasteiger partial charge in [-0.15, -0.1) is 0 Å². The van der Waals surface area contributed by atoms with Crippen molar-refractivity contribution in [2.24, 2.45) is 11.8 Å². The van der Waals surface area contributed by atoms with Gasteiger partial charge < -0.3 is 4.74 Å². The third kappa shape index (κ3) is 2.55. The zero-order chi connectivity index (χ0) is 12.5. The Kier molecular flexibility index (Phi) is 3.85. The number of rotatable bonds is 3. The van der Waals surface area contributed by atoms with Gasteiger partial charge in [-0.3, -0.25) is 9.00 Å². The van der Waals surface area contributed by atoms with Crippen molar-refractivity contribution in [1.29, 1.82) is 0 Å². The second-order valence-corrected chi connectivity index (χ2v) is 8.03. The molecular formula is C14H22O3S. The molecule has 0 saturated carbocycles. The number of hydrogen-bond acceptors (Lipinski definition) is 3. The van der Waals surface area contributed by atoms with Crippen LogP contribution in [0, 0.1) is 11.8 Å². The first-order valence-corrected chi connectivity index (χ1v) is 8.51. The molecule has 3 aliphatic rings. The molecule has 0 aliphatic carbocycles. The molecule has 3 saturated heterocycles. The molecule has 0 amide bonds. The van der Waals surface area contributed by atoms with Crippen LogP contribution in [0.15, 0.2) is 0 Å². The lowest BCUT2D eigenvalue weighted by Gasteiger charge is -2.28. The van der Waals surface area contributed by atoms with E-state index in [1.807, 2.05) is 0 Å². The van der Waals surface area contributed by atoms with Crippen molar-refractivity contribution < 1.29 is 13.7 Å². The van der Waals surface area contributed by atoms with Gasteiger partial charge in [0, 0.05) is 46.9 Å². The van der Waals surface area contributed by atoms with Crippen molar-refractivity contribution in [2.45, 2.75) is 55.4 Å². The highest BCUT2D eigenvalue weighted by atomic mass is 32.2. The van der Waals surface area contributed by atoms with E-state index in [2.05, 4.69) is 0 Å². The number of ketones is 1. The molecule has 0 aromatic rings. The van der Waals surface area contributed by atoms with Crippen LogP contribution in [0.5, 0.6) is 0 Å². The molecule has 0 aromatic heterocycles. The first-order valence-electron chi connectivity index (χ1n) is 7.24. The summed E-state index contributed by atoms with van der Waals surface area (Å²) in [5.74, 6) is 1.19. The van der Waals surface area contributed by atoms with Crippen molar-refractivity contribution in [3.63, 3.8) is 0 Å². The van der Waals surface area contributed by atoms with Gasteiger partial charge in [-0.05, 0) is 44.4 Å². The zero-order valence-corrected chi connectivity index (χ0v) is 11.6. The Hall–Kier alpha value is -0.220. The zero-order valence-electron chi connectivity index (χ0n) is 10.8. The molecule has 2 bridgehead atoms. The van der Waals surface area contributed by atoms with Crippen LogP contribution in [0.3, 0.4) is 0 Å². The summed E-state index contributed by atoms with van der Waals surface area (Å²) in [7, 11) is -0.635. The largest absolute Gasteiger partial charge is 0.381 e. The van der Waals surface area contributed by atoms with Crippen LogP contribution in [-0.4, -0.2) is 33.7 Å². The lowest BCUT2D eigenvalue weighted by molar-refractivity contribution is -0.124. The van der Waals surface area contributed by atoms with Crippen molar-refractivity contribution >= 4 is 16.6 Å². The Balaban J connectivity index is 1.55. The van der Waals surface area contributed by atoms with Gasteiger partial charge in [0.2, 0.25) is 0 Å². The fourth-order valence-electron chi connectivity index (χ4n) is 3.70. The Labute approximate surface area is 111 Å². The predicted molar refractivity (Wildman–Crippen MR) is 70.8 cm³/mol. The van der Waals surface area contributed by atoms with Crippen LogP contribution >= 0.6 is 0 Å². The standard InChI is InChI=1S/C14H22O3S/c15-14(7-10-3-5-17-6-4-10)11-8-12-1-2-13(9-11)18(12)16/h10-13H,1-9H2. The predicted octanol–water partition coefficient (Wildman–Crippen LogP) is 2.06. The normalized spacial score (nSPS) is 40.9. The third-order valence-corrected chi connectivity index (χ3v) is 7.02. The van der Waals surface area contributed by atoms with Gasteiger partial charge >= 0.3 is 0 Å². The summed E-state index contributed by atoms with van der Waals surface area (Å²) in [6.45, 7) is 1.63. The topological polar surface area (TPSA) is 43.4 Å². The van der Waals surface area contributed by atoms with Crippen LogP contribution in [-0.2, 0) is 20.3 Å². The van der Waals surface area contributed by atoms with Gasteiger partial charge in [0.05, 0.1) is 0 Å². The monoisotopic (exact) mass is 270 g/mol. The van der Waals surface area contributed by atoms with Gasteiger partial charge in [-0.25, -0.2) is 0 Å². The van der Waals surface area contributed by atoms with E-state index in [-0.39, 0.29) is 5.92 Å². The van der Waals surface area contributed by atoms with Crippen LogP contribution in [0.2, 0.25) is 0 Å². The summed E-state index contributed by atoms with van der Waals surface area (Å²) >= 11 is 0. The number of Topliss-reactive ketones (excluding diaryl/α,β-unsaturated/α-hetero) is 1. The minimum Gasteiger partial charge on any atom is -0.381 e. The molecule has 3 heterocycles. The second-order valence-electron chi connectivity index (χ2n) is 6.04. The molecule has 3 nitrogen and oxygen atoms in total. The Morgan fingerprint density at radius 3 is 2.28 bits per heavy atom. The third-order valence-electron chi connectivity index (χ3n) is 4.85. The first kappa shape index (κ1) is 12.8. The summed E-state index contributed by atoms with van der Waals surface area (Å²) in [6, 6.07) is 0. The lowest BCUT2D eigenvalue weighted by Crippen LogP contribution is -2.33. The van der Waals surface area contributed by atoms with E-state index in [1.54, 1.807) is 0 Å². The SMILES string of the molecule is O=C(CC1CCOCC1)C1CC2CCC(C1)S2=O. The van der Waals surface area contributed by atoms with Gasteiger partial charge in [-0.1, -0.05) is 0 Å². The van der Waals surface area contributed by atoms with Gasteiger partial charge in [0.15, 0.2) is 0 Å². The summed E-state index contributed by atoms with van der Waals surface area (Å²) in [4.78, 5) is 12.4. The van der Waals surface area contributed by atoms with Crippen molar-refractivity contribution in [1.82, 2.24) is 0 Å². The van der Waals surface area contributed by atoms with E-state index in [9.17, 15) is 9.00 Å². The molecule has 3 aliphatic heterocycles.